The summed E-state index contributed by atoms with van der Waals surface area (Å²) >= 11 is 2.21. The molecule has 278 valence electrons. The van der Waals surface area contributed by atoms with Crippen LogP contribution >= 0.6 is 22.7 Å². The van der Waals surface area contributed by atoms with Crippen molar-refractivity contribution in [3.05, 3.63) is 68.6 Å². The van der Waals surface area contributed by atoms with E-state index in [0.717, 1.165) is 11.3 Å². The summed E-state index contributed by atoms with van der Waals surface area (Å²) in [6, 6.07) is 4.74. The molecular formula is C30H36B2N4O14S2. The Kier molecular flexibility index (Phi) is 15.5. The molecule has 0 aromatic carbocycles. The van der Waals surface area contributed by atoms with Crippen LogP contribution < -0.4 is 10.6 Å². The quantitative estimate of drug-likeness (QED) is 0.0336. The maximum absolute atomic E-state index is 13.3. The van der Waals surface area contributed by atoms with Gasteiger partial charge in [-0.05, 0) is 41.3 Å². The monoisotopic (exact) mass is 762 g/mol. The highest BCUT2D eigenvalue weighted by atomic mass is 32.1. The summed E-state index contributed by atoms with van der Waals surface area (Å²) in [5.41, 5.74) is -0.112. The molecule has 8 N–H and O–H groups in total. The van der Waals surface area contributed by atoms with E-state index in [9.17, 15) is 34.3 Å². The zero-order chi connectivity index (χ0) is 37.6. The van der Waals surface area contributed by atoms with E-state index in [1.807, 2.05) is 0 Å². The lowest BCUT2D eigenvalue weighted by molar-refractivity contribution is -0.139. The summed E-state index contributed by atoms with van der Waals surface area (Å²) in [4.78, 5) is 59.8. The second kappa shape index (κ2) is 20.0. The molecule has 2 aromatic rings. The van der Waals surface area contributed by atoms with Crippen molar-refractivity contribution >= 4 is 72.1 Å². The van der Waals surface area contributed by atoms with Crippen LogP contribution in [0.3, 0.4) is 0 Å². The fourth-order valence-corrected chi connectivity index (χ4v) is 6.45. The van der Waals surface area contributed by atoms with E-state index in [2.05, 4.69) is 20.9 Å². The predicted octanol–water partition coefficient (Wildman–Crippen LogP) is -0.374. The van der Waals surface area contributed by atoms with Crippen LogP contribution in [0.5, 0.6) is 0 Å². The fourth-order valence-electron chi connectivity index (χ4n) is 4.82. The number of carboxylic acid groups (broad SMARTS) is 2. The van der Waals surface area contributed by atoms with Crippen molar-refractivity contribution in [1.29, 1.82) is 0 Å². The minimum atomic E-state index is -1.54. The Hall–Kier alpha value is -4.41. The van der Waals surface area contributed by atoms with E-state index in [4.69, 9.17) is 34.3 Å². The molecule has 0 fully saturated rings. The van der Waals surface area contributed by atoms with Gasteiger partial charge in [0.25, 0.3) is 11.8 Å². The number of hydrogen-bond acceptors (Lipinski definition) is 16. The topological polar surface area (TPSA) is 275 Å². The number of hydrogen-bond donors (Lipinski definition) is 8. The lowest BCUT2D eigenvalue weighted by Crippen LogP contribution is -2.50. The smallest absolute Gasteiger partial charge is 0.478 e. The van der Waals surface area contributed by atoms with Crippen LogP contribution in [-0.4, -0.2) is 124 Å². The SMILES string of the molecule is O=C(O)C[C@H]1C=CC[C@H](NC(=O)/C(=N/OCCO)c2cc(C(O)CO/N=C(\C(=O)N[C@H]3CC=C[C@H](CC(=O)O)OB3O)c3cccs3)cs2)B(O)O1. The molecule has 22 heteroatoms. The molecule has 2 aromatic heterocycles. The summed E-state index contributed by atoms with van der Waals surface area (Å²) in [5, 5.41) is 75.3. The molecule has 5 atom stereocenters. The molecule has 4 heterocycles. The van der Waals surface area contributed by atoms with Gasteiger partial charge in [-0.3, -0.25) is 19.2 Å². The molecule has 52 heavy (non-hydrogen) atoms. The number of oxime groups is 2. The number of aliphatic carboxylic acids is 2. The van der Waals surface area contributed by atoms with Gasteiger partial charge in [0, 0.05) is 0 Å². The fraction of sp³-hybridized carbons (Fsp3) is 0.400. The van der Waals surface area contributed by atoms with Gasteiger partial charge in [-0.25, -0.2) is 0 Å². The molecule has 0 radical (unpaired) electrons. The third kappa shape index (κ3) is 12.1. The van der Waals surface area contributed by atoms with Crippen LogP contribution in [0.4, 0.5) is 0 Å². The highest BCUT2D eigenvalue weighted by molar-refractivity contribution is 7.13. The lowest BCUT2D eigenvalue weighted by Gasteiger charge is -2.20. The first-order valence-corrected chi connectivity index (χ1v) is 17.6. The van der Waals surface area contributed by atoms with Crippen LogP contribution in [0.2, 0.25) is 0 Å². The minimum absolute atomic E-state index is 0.116. The van der Waals surface area contributed by atoms with E-state index >= 15 is 0 Å². The number of amides is 2. The van der Waals surface area contributed by atoms with Crippen molar-refractivity contribution < 1.29 is 68.6 Å². The number of thiophene rings is 2. The van der Waals surface area contributed by atoms with Gasteiger partial charge in [-0.1, -0.05) is 40.7 Å². The van der Waals surface area contributed by atoms with Crippen molar-refractivity contribution in [2.75, 3.05) is 19.8 Å². The molecule has 18 nitrogen and oxygen atoms in total. The number of rotatable bonds is 17. The maximum atomic E-state index is 13.3. The van der Waals surface area contributed by atoms with Gasteiger partial charge >= 0.3 is 26.2 Å². The van der Waals surface area contributed by atoms with E-state index in [1.54, 1.807) is 29.7 Å². The zero-order valence-corrected chi connectivity index (χ0v) is 29.0. The summed E-state index contributed by atoms with van der Waals surface area (Å²) in [5.74, 6) is -5.66. The zero-order valence-electron chi connectivity index (χ0n) is 27.3. The van der Waals surface area contributed by atoms with Crippen molar-refractivity contribution in [3.8, 4) is 0 Å². The van der Waals surface area contributed by atoms with Crippen LogP contribution in [0.1, 0.15) is 47.1 Å². The average molecular weight is 762 g/mol. The Labute approximate surface area is 305 Å². The summed E-state index contributed by atoms with van der Waals surface area (Å²) in [7, 11) is -3.05. The molecule has 1 unspecified atom stereocenters. The van der Waals surface area contributed by atoms with Crippen molar-refractivity contribution in [2.24, 2.45) is 10.3 Å². The second-order valence-electron chi connectivity index (χ2n) is 11.3. The molecule has 0 bridgehead atoms. The van der Waals surface area contributed by atoms with E-state index in [0.29, 0.717) is 10.4 Å². The van der Waals surface area contributed by atoms with Gasteiger partial charge in [-0.2, -0.15) is 0 Å². The Bertz CT molecular complexity index is 1650. The Balaban J connectivity index is 1.41. The second-order valence-corrected chi connectivity index (χ2v) is 13.1. The highest BCUT2D eigenvalue weighted by Crippen LogP contribution is 2.24. The highest BCUT2D eigenvalue weighted by Gasteiger charge is 2.35. The molecule has 0 saturated heterocycles. The summed E-state index contributed by atoms with van der Waals surface area (Å²) < 4.78 is 10.7. The first kappa shape index (κ1) is 40.4. The van der Waals surface area contributed by atoms with Gasteiger partial charge in [0.15, 0.2) is 11.4 Å². The Morgan fingerprint density at radius 1 is 0.885 bits per heavy atom. The number of nitrogens with one attached hydrogen (secondary N) is 2. The third-order valence-electron chi connectivity index (χ3n) is 7.33. The third-order valence-corrected chi connectivity index (χ3v) is 9.16. The molecule has 0 spiro atoms. The van der Waals surface area contributed by atoms with Crippen molar-refractivity contribution in [3.63, 3.8) is 0 Å². The molecule has 0 saturated carbocycles. The number of carbonyl (C=O) groups is 4. The average Bonchev–Trinajstić information content (AvgIpc) is 3.73. The number of carboxylic acids is 2. The van der Waals surface area contributed by atoms with Crippen LogP contribution in [-0.2, 0) is 38.2 Å². The van der Waals surface area contributed by atoms with E-state index in [1.165, 1.54) is 34.9 Å². The Morgan fingerprint density at radius 3 is 1.96 bits per heavy atom. The molecule has 4 rings (SSSR count). The summed E-state index contributed by atoms with van der Waals surface area (Å²) in [6.45, 7) is -1.05. The number of aliphatic hydroxyl groups excluding tert-OH is 2. The minimum Gasteiger partial charge on any atom is -0.481 e. The normalized spacial score (nSPS) is 21.5. The standard InChI is InChI=1S/C30H36B2N4O14S2/c37-9-10-47-35-28(30(44)34-24-8-2-5-19(14-26(41)42)50-32(24)46)22-12-17(16-52-22)20(38)15-48-36-27(21-6-3-11-51-21)29(43)33-23-7-1-4-18(13-25(39)40)49-31(23)45/h1-6,11-12,16,18-20,23-24,37-38,45-46H,7-10,13-15H2,(H,33,43)(H,34,44)(H,39,40)(H,41,42)/b35-28+,36-27-/t18-,19-,20?,23+,24+/m1/s1. The predicted molar refractivity (Wildman–Crippen MR) is 187 cm³/mol. The van der Waals surface area contributed by atoms with Crippen LogP contribution in [0.15, 0.2) is 63.6 Å². The maximum Gasteiger partial charge on any atom is 0.478 e. The molecule has 2 amide bonds. The molecule has 0 aliphatic carbocycles. The van der Waals surface area contributed by atoms with Crippen molar-refractivity contribution in [1.82, 2.24) is 10.6 Å². The van der Waals surface area contributed by atoms with E-state index < -0.39 is 74.8 Å². The molecule has 2 aliphatic rings. The number of aliphatic hydroxyl groups is 2. The largest absolute Gasteiger partial charge is 0.481 e. The van der Waals surface area contributed by atoms with Gasteiger partial charge in [0.05, 0.1) is 53.3 Å². The van der Waals surface area contributed by atoms with Gasteiger partial charge < -0.3 is 60.1 Å². The number of carbonyl (C=O) groups excluding carboxylic acids is 2. The molecule has 2 aliphatic heterocycles. The molecular weight excluding hydrogens is 726 g/mol. The Morgan fingerprint density at radius 2 is 1.44 bits per heavy atom. The number of nitrogens with zero attached hydrogens (tertiary/aromatic N) is 2. The van der Waals surface area contributed by atoms with Crippen LogP contribution in [0, 0.1) is 0 Å². The van der Waals surface area contributed by atoms with E-state index in [-0.39, 0.29) is 55.2 Å². The first-order valence-electron chi connectivity index (χ1n) is 15.8. The van der Waals surface area contributed by atoms with Gasteiger partial charge in [0.2, 0.25) is 0 Å². The van der Waals surface area contributed by atoms with Gasteiger partial charge in [-0.15, -0.1) is 22.7 Å². The van der Waals surface area contributed by atoms with Crippen molar-refractivity contribution in [2.45, 2.75) is 55.9 Å². The summed E-state index contributed by atoms with van der Waals surface area (Å²) in [6.07, 6.45) is 2.58. The first-order chi connectivity index (χ1) is 24.9. The van der Waals surface area contributed by atoms with Crippen LogP contribution in [0.25, 0.3) is 0 Å². The lowest BCUT2D eigenvalue weighted by atomic mass is 9.77. The van der Waals surface area contributed by atoms with Gasteiger partial charge in [0.1, 0.15) is 19.3 Å².